The van der Waals surface area contributed by atoms with Crippen LogP contribution < -0.4 is 9.27 Å². The molecular formula is C12H18N2O2+2. The minimum atomic E-state index is 0.250. The van der Waals surface area contributed by atoms with Crippen molar-refractivity contribution in [2.45, 2.75) is 13.3 Å². The molecular weight excluding hydrogens is 204 g/mol. The first-order valence-corrected chi connectivity index (χ1v) is 5.75. The van der Waals surface area contributed by atoms with Crippen molar-refractivity contribution >= 4 is 5.91 Å². The van der Waals surface area contributed by atoms with Crippen LogP contribution in [0.25, 0.3) is 0 Å². The van der Waals surface area contributed by atoms with Gasteiger partial charge in [0.15, 0.2) is 13.1 Å². The first-order valence-electron chi connectivity index (χ1n) is 5.75. The first kappa shape index (κ1) is 11.2. The van der Waals surface area contributed by atoms with Crippen LogP contribution in [0.4, 0.5) is 0 Å². The summed E-state index contributed by atoms with van der Waals surface area (Å²) in [4.78, 5) is 12.2. The molecule has 0 atom stereocenters. The highest BCUT2D eigenvalue weighted by molar-refractivity contribution is 5.80. The summed E-state index contributed by atoms with van der Waals surface area (Å²) in [5.41, 5.74) is 0. The number of pyridine rings is 1. The molecule has 4 heteroatoms. The minimum Gasteiger partial charge on any atom is -0.369 e. The van der Waals surface area contributed by atoms with Gasteiger partial charge < -0.3 is 4.74 Å². The zero-order chi connectivity index (χ0) is 11.4. The Morgan fingerprint density at radius 2 is 1.88 bits per heavy atom. The molecule has 0 saturated carbocycles. The fourth-order valence-electron chi connectivity index (χ4n) is 2.19. The van der Waals surface area contributed by atoms with E-state index in [0.717, 1.165) is 13.1 Å². The van der Waals surface area contributed by atoms with E-state index in [0.29, 0.717) is 24.2 Å². The van der Waals surface area contributed by atoms with Crippen molar-refractivity contribution in [3.05, 3.63) is 30.6 Å². The molecule has 2 rings (SSSR count). The molecule has 1 fully saturated rings. The molecule has 0 radical (unpaired) electrons. The molecule has 1 amide bonds. The van der Waals surface area contributed by atoms with E-state index in [4.69, 9.17) is 4.74 Å². The van der Waals surface area contributed by atoms with E-state index in [2.05, 4.69) is 0 Å². The number of hydrogen-bond donors (Lipinski definition) is 0. The van der Waals surface area contributed by atoms with Gasteiger partial charge >= 0.3 is 5.91 Å². The summed E-state index contributed by atoms with van der Waals surface area (Å²) in [5, 5.41) is 0. The summed E-state index contributed by atoms with van der Waals surface area (Å²) in [7, 11) is 0. The molecule has 1 aromatic rings. The lowest BCUT2D eigenvalue weighted by atomic mass is 10.3. The number of rotatable bonds is 2. The van der Waals surface area contributed by atoms with Crippen LogP contribution >= 0.6 is 0 Å². The number of nitrogens with zero attached hydrogens (tertiary/aromatic N) is 2. The van der Waals surface area contributed by atoms with E-state index in [1.54, 1.807) is 0 Å². The van der Waals surface area contributed by atoms with Crippen LogP contribution in [0.15, 0.2) is 30.6 Å². The lowest BCUT2D eigenvalue weighted by Gasteiger charge is -2.30. The van der Waals surface area contributed by atoms with Crippen LogP contribution in [-0.2, 0) is 9.53 Å². The Bertz CT molecular complexity index is 359. The van der Waals surface area contributed by atoms with E-state index in [1.807, 2.05) is 42.2 Å². The van der Waals surface area contributed by atoms with Gasteiger partial charge in [0.2, 0.25) is 12.4 Å². The standard InChI is InChI=1S/C12H18N2O2/c1-2-12(15)14(8-10-16-11-9-14)13-6-4-3-5-7-13/h3-7H,2,8-11H2,1H3/q+2. The van der Waals surface area contributed by atoms with Crippen molar-refractivity contribution in [1.82, 2.24) is 4.59 Å². The predicted octanol–water partition coefficient (Wildman–Crippen LogP) is 0.380. The molecule has 1 saturated heterocycles. The Balaban J connectivity index is 2.38. The second kappa shape index (κ2) is 4.72. The summed E-state index contributed by atoms with van der Waals surface area (Å²) >= 11 is 0. The van der Waals surface area contributed by atoms with E-state index in [9.17, 15) is 4.79 Å². The summed E-state index contributed by atoms with van der Waals surface area (Å²) in [6, 6.07) is 5.88. The Hall–Kier alpha value is -1.26. The number of carbonyl (C=O) groups excluding carboxylic acids is 1. The van der Waals surface area contributed by atoms with E-state index < -0.39 is 0 Å². The molecule has 1 aromatic heterocycles. The van der Waals surface area contributed by atoms with Crippen LogP contribution in [0.3, 0.4) is 0 Å². The fraction of sp³-hybridized carbons (Fsp3) is 0.500. The largest absolute Gasteiger partial charge is 0.369 e. The van der Waals surface area contributed by atoms with Gasteiger partial charge in [-0.3, -0.25) is 0 Å². The Labute approximate surface area is 95.6 Å². The van der Waals surface area contributed by atoms with Gasteiger partial charge in [-0.2, -0.15) is 0 Å². The van der Waals surface area contributed by atoms with Gasteiger partial charge in [-0.1, -0.05) is 6.92 Å². The van der Waals surface area contributed by atoms with Gasteiger partial charge in [0.05, 0.1) is 6.42 Å². The van der Waals surface area contributed by atoms with Crippen molar-refractivity contribution in [3.8, 4) is 0 Å². The number of morpholine rings is 1. The highest BCUT2D eigenvalue weighted by atomic mass is 16.5. The zero-order valence-corrected chi connectivity index (χ0v) is 9.63. The van der Waals surface area contributed by atoms with Crippen molar-refractivity contribution < 1.29 is 14.2 Å². The molecule has 0 unspecified atom stereocenters. The Kier molecular flexibility index (Phi) is 3.31. The summed E-state index contributed by atoms with van der Waals surface area (Å²) in [5.74, 6) is 0.250. The number of aromatic nitrogens is 1. The van der Waals surface area contributed by atoms with Gasteiger partial charge in [-0.15, -0.1) is 0 Å². The molecule has 0 aromatic carbocycles. The number of hydrogen-bond acceptors (Lipinski definition) is 2. The average molecular weight is 222 g/mol. The number of ether oxygens (including phenoxy) is 1. The number of amides is 1. The third kappa shape index (κ3) is 1.86. The van der Waals surface area contributed by atoms with Gasteiger partial charge in [0, 0.05) is 12.1 Å². The van der Waals surface area contributed by atoms with Crippen LogP contribution in [0.2, 0.25) is 0 Å². The van der Waals surface area contributed by atoms with Gasteiger partial charge in [0.25, 0.3) is 0 Å². The molecule has 1 aliphatic rings. The third-order valence-electron chi connectivity index (χ3n) is 3.12. The molecule has 86 valence electrons. The molecule has 4 nitrogen and oxygen atoms in total. The Morgan fingerprint density at radius 3 is 2.44 bits per heavy atom. The molecule has 16 heavy (non-hydrogen) atoms. The monoisotopic (exact) mass is 222 g/mol. The SMILES string of the molecule is CCC(=O)[N+]1([n+]2ccccc2)CCOCC1. The topological polar surface area (TPSA) is 30.2 Å². The molecule has 0 spiro atoms. The fourth-order valence-corrected chi connectivity index (χ4v) is 2.19. The molecule has 0 N–H and O–H groups in total. The zero-order valence-electron chi connectivity index (χ0n) is 9.63. The second-order valence-electron chi connectivity index (χ2n) is 3.99. The summed E-state index contributed by atoms with van der Waals surface area (Å²) in [6.07, 6.45) is 4.47. The van der Waals surface area contributed by atoms with Crippen LogP contribution in [0.5, 0.6) is 0 Å². The molecule has 1 aliphatic heterocycles. The highest BCUT2D eigenvalue weighted by Crippen LogP contribution is 2.06. The normalized spacial score (nSPS) is 19.3. The van der Waals surface area contributed by atoms with E-state index >= 15 is 0 Å². The quantitative estimate of drug-likeness (QED) is 0.535. The summed E-state index contributed by atoms with van der Waals surface area (Å²) < 4.78 is 7.73. The molecule has 2 heterocycles. The van der Waals surface area contributed by atoms with Crippen molar-refractivity contribution in [3.63, 3.8) is 0 Å². The van der Waals surface area contributed by atoms with Crippen LogP contribution in [0.1, 0.15) is 13.3 Å². The van der Waals surface area contributed by atoms with Crippen molar-refractivity contribution in [2.75, 3.05) is 26.3 Å². The molecule has 0 bridgehead atoms. The lowest BCUT2D eigenvalue weighted by Crippen LogP contribution is -2.80. The van der Waals surface area contributed by atoms with Crippen molar-refractivity contribution in [2.24, 2.45) is 0 Å². The maximum Gasteiger partial charge on any atom is 0.369 e. The van der Waals surface area contributed by atoms with Crippen LogP contribution in [0, 0.1) is 0 Å². The van der Waals surface area contributed by atoms with Crippen LogP contribution in [-0.4, -0.2) is 32.2 Å². The van der Waals surface area contributed by atoms with E-state index in [-0.39, 0.29) is 5.91 Å². The maximum atomic E-state index is 12.2. The molecule has 0 aliphatic carbocycles. The maximum absolute atomic E-state index is 12.2. The number of quaternary nitrogens is 1. The summed E-state index contributed by atoms with van der Waals surface area (Å²) in [6.45, 7) is 4.66. The van der Waals surface area contributed by atoms with Gasteiger partial charge in [-0.25, -0.2) is 4.79 Å². The predicted molar refractivity (Wildman–Crippen MR) is 60.0 cm³/mol. The smallest absolute Gasteiger partial charge is 0.369 e. The third-order valence-corrected chi connectivity index (χ3v) is 3.12. The Morgan fingerprint density at radius 1 is 1.25 bits per heavy atom. The second-order valence-corrected chi connectivity index (χ2v) is 3.99. The lowest BCUT2D eigenvalue weighted by molar-refractivity contribution is -0.809. The number of carbonyl (C=O) groups is 1. The average Bonchev–Trinajstić information content (AvgIpc) is 2.39. The van der Waals surface area contributed by atoms with Gasteiger partial charge in [0.1, 0.15) is 13.2 Å². The highest BCUT2D eigenvalue weighted by Gasteiger charge is 2.46. The van der Waals surface area contributed by atoms with E-state index in [1.165, 1.54) is 0 Å². The van der Waals surface area contributed by atoms with Gasteiger partial charge in [-0.05, 0) is 15.3 Å². The first-order chi connectivity index (χ1) is 7.79. The minimum absolute atomic E-state index is 0.250. The van der Waals surface area contributed by atoms with Crippen molar-refractivity contribution in [1.29, 1.82) is 0 Å².